The van der Waals surface area contributed by atoms with Crippen molar-refractivity contribution in [3.8, 4) is 11.1 Å². The van der Waals surface area contributed by atoms with Gasteiger partial charge in [-0.25, -0.2) is 9.78 Å². The van der Waals surface area contributed by atoms with Crippen LogP contribution in [0.15, 0.2) is 55.0 Å². The monoisotopic (exact) mass is 347 g/mol. The minimum absolute atomic E-state index is 0.0456. The Kier molecular flexibility index (Phi) is 3.62. The Bertz CT molecular complexity index is 1070. The maximum absolute atomic E-state index is 12.7. The summed E-state index contributed by atoms with van der Waals surface area (Å²) in [6.45, 7) is 0.0456. The van der Waals surface area contributed by atoms with Crippen molar-refractivity contribution in [2.75, 3.05) is 0 Å². The van der Waals surface area contributed by atoms with Crippen LogP contribution < -0.4 is 5.32 Å². The number of nitrogens with one attached hydrogen (secondary N) is 1. The molecule has 0 atom stereocenters. The molecule has 7 nitrogen and oxygen atoms in total. The van der Waals surface area contributed by atoms with Crippen molar-refractivity contribution in [1.82, 2.24) is 14.9 Å². The van der Waals surface area contributed by atoms with Gasteiger partial charge in [-0.2, -0.15) is 0 Å². The van der Waals surface area contributed by atoms with Gasteiger partial charge in [-0.05, 0) is 17.2 Å². The maximum atomic E-state index is 12.7. The van der Waals surface area contributed by atoms with Gasteiger partial charge in [-0.3, -0.25) is 9.59 Å². The molecule has 0 unspecified atom stereocenters. The number of imidazole rings is 1. The average Bonchev–Trinajstić information content (AvgIpc) is 3.24. The highest BCUT2D eigenvalue weighted by atomic mass is 16.4. The van der Waals surface area contributed by atoms with Gasteiger partial charge in [-0.1, -0.05) is 36.4 Å². The number of amides is 1. The fourth-order valence-electron chi connectivity index (χ4n) is 3.08. The van der Waals surface area contributed by atoms with E-state index in [1.807, 2.05) is 18.2 Å². The lowest BCUT2D eigenvalue weighted by atomic mass is 10.0. The number of hydrogen-bond donors (Lipinski definition) is 2. The van der Waals surface area contributed by atoms with Crippen LogP contribution >= 0.6 is 0 Å². The number of rotatable bonds is 4. The zero-order chi connectivity index (χ0) is 18.3. The molecule has 128 valence electrons. The van der Waals surface area contributed by atoms with Gasteiger partial charge in [0.05, 0.1) is 18.6 Å². The summed E-state index contributed by atoms with van der Waals surface area (Å²) >= 11 is 0. The predicted molar refractivity (Wildman–Crippen MR) is 92.0 cm³/mol. The first-order valence-corrected chi connectivity index (χ1v) is 7.86. The van der Waals surface area contributed by atoms with Gasteiger partial charge in [0, 0.05) is 17.3 Å². The van der Waals surface area contributed by atoms with Gasteiger partial charge in [0.25, 0.3) is 5.91 Å². The molecule has 4 rings (SSSR count). The molecule has 0 radical (unpaired) electrons. The molecule has 0 aliphatic heterocycles. The first-order chi connectivity index (χ1) is 12.6. The lowest BCUT2D eigenvalue weighted by Crippen LogP contribution is -2.27. The third-order valence-electron chi connectivity index (χ3n) is 4.27. The molecular weight excluding hydrogens is 334 g/mol. The number of carbonyl (C=O) groups is 3. The normalized spacial score (nSPS) is 11.8. The van der Waals surface area contributed by atoms with Crippen LogP contribution in [0.4, 0.5) is 0 Å². The van der Waals surface area contributed by atoms with Crippen molar-refractivity contribution in [2.45, 2.75) is 6.67 Å². The van der Waals surface area contributed by atoms with E-state index in [1.54, 1.807) is 24.3 Å². The number of nitrogens with zero attached hydrogens (tertiary/aromatic N) is 2. The van der Waals surface area contributed by atoms with Crippen LogP contribution in [0.5, 0.6) is 0 Å². The van der Waals surface area contributed by atoms with Crippen molar-refractivity contribution >= 4 is 17.7 Å². The quantitative estimate of drug-likeness (QED) is 0.589. The topological polar surface area (TPSA) is 101 Å². The van der Waals surface area contributed by atoms with Crippen molar-refractivity contribution in [3.63, 3.8) is 0 Å². The molecule has 0 bridgehead atoms. The van der Waals surface area contributed by atoms with Gasteiger partial charge in [0.15, 0.2) is 11.5 Å². The van der Waals surface area contributed by atoms with Crippen LogP contribution in [-0.2, 0) is 6.67 Å². The molecule has 2 aromatic carbocycles. The molecule has 26 heavy (non-hydrogen) atoms. The Morgan fingerprint density at radius 1 is 1.04 bits per heavy atom. The Labute approximate surface area is 147 Å². The standard InChI is InChI=1S/C19H13N3O4/c23-17-13-5-2-1-4-11(13)12-6-3-7-14(16(12)17)18(24)21-10-22-8-15(19(25)26)20-9-22/h1-9H,10H2,(H,21,24)(H,25,26). The van der Waals surface area contributed by atoms with Crippen LogP contribution in [0.2, 0.25) is 0 Å². The molecule has 0 spiro atoms. The predicted octanol–water partition coefficient (Wildman–Crippen LogP) is 2.18. The van der Waals surface area contributed by atoms with Crippen molar-refractivity contribution < 1.29 is 19.5 Å². The molecule has 1 amide bonds. The zero-order valence-electron chi connectivity index (χ0n) is 13.5. The van der Waals surface area contributed by atoms with Crippen LogP contribution in [0.25, 0.3) is 11.1 Å². The Morgan fingerprint density at radius 3 is 2.50 bits per heavy atom. The summed E-state index contributed by atoms with van der Waals surface area (Å²) in [5.41, 5.74) is 2.73. The molecule has 3 aromatic rings. The second-order valence-electron chi connectivity index (χ2n) is 5.85. The van der Waals surface area contributed by atoms with E-state index in [1.165, 1.54) is 17.1 Å². The van der Waals surface area contributed by atoms with Crippen LogP contribution in [0, 0.1) is 0 Å². The van der Waals surface area contributed by atoms with E-state index in [-0.39, 0.29) is 18.1 Å². The SMILES string of the molecule is O=C(O)c1cn(CNC(=O)c2cccc3c2C(=O)c2ccccc2-3)cn1. The van der Waals surface area contributed by atoms with E-state index < -0.39 is 11.9 Å². The van der Waals surface area contributed by atoms with Crippen LogP contribution in [-0.4, -0.2) is 32.3 Å². The zero-order valence-corrected chi connectivity index (χ0v) is 13.5. The van der Waals surface area contributed by atoms with Crippen LogP contribution in [0.3, 0.4) is 0 Å². The van der Waals surface area contributed by atoms with E-state index in [9.17, 15) is 14.4 Å². The minimum atomic E-state index is -1.14. The van der Waals surface area contributed by atoms with Crippen molar-refractivity contribution in [1.29, 1.82) is 0 Å². The number of carbonyl (C=O) groups excluding carboxylic acids is 2. The smallest absolute Gasteiger partial charge is 0.356 e. The number of fused-ring (bicyclic) bond motifs is 3. The molecule has 7 heteroatoms. The largest absolute Gasteiger partial charge is 0.476 e. The fourth-order valence-corrected chi connectivity index (χ4v) is 3.08. The number of benzene rings is 2. The Balaban J connectivity index is 1.60. The molecule has 0 saturated carbocycles. The van der Waals surface area contributed by atoms with Crippen LogP contribution in [0.1, 0.15) is 36.8 Å². The molecular formula is C19H13N3O4. The maximum Gasteiger partial charge on any atom is 0.356 e. The van der Waals surface area contributed by atoms with Gasteiger partial charge in [0.1, 0.15) is 0 Å². The Hall–Kier alpha value is -3.74. The number of hydrogen-bond acceptors (Lipinski definition) is 4. The molecule has 1 aliphatic rings. The minimum Gasteiger partial charge on any atom is -0.476 e. The molecule has 1 aliphatic carbocycles. The second kappa shape index (κ2) is 5.96. The summed E-state index contributed by atoms with van der Waals surface area (Å²) in [4.78, 5) is 39.9. The third-order valence-corrected chi connectivity index (χ3v) is 4.27. The highest BCUT2D eigenvalue weighted by Gasteiger charge is 2.30. The first kappa shape index (κ1) is 15.8. The summed E-state index contributed by atoms with van der Waals surface area (Å²) in [6, 6.07) is 12.4. The molecule has 2 N–H and O–H groups in total. The third kappa shape index (κ3) is 2.46. The number of ketones is 1. The highest BCUT2D eigenvalue weighted by Crippen LogP contribution is 2.37. The number of aromatic carboxylic acids is 1. The summed E-state index contributed by atoms with van der Waals surface area (Å²) in [6.07, 6.45) is 2.64. The molecule has 0 saturated heterocycles. The number of carboxylic acids is 1. The highest BCUT2D eigenvalue weighted by molar-refractivity contribution is 6.25. The van der Waals surface area contributed by atoms with Gasteiger partial charge < -0.3 is 15.0 Å². The van der Waals surface area contributed by atoms with Crippen molar-refractivity contribution in [3.05, 3.63) is 77.4 Å². The summed E-state index contributed by atoms with van der Waals surface area (Å²) in [7, 11) is 0. The second-order valence-corrected chi connectivity index (χ2v) is 5.85. The van der Waals surface area contributed by atoms with E-state index >= 15 is 0 Å². The Morgan fingerprint density at radius 2 is 1.77 bits per heavy atom. The van der Waals surface area contributed by atoms with E-state index in [2.05, 4.69) is 10.3 Å². The van der Waals surface area contributed by atoms with Gasteiger partial charge >= 0.3 is 5.97 Å². The fraction of sp³-hybridized carbons (Fsp3) is 0.0526. The lowest BCUT2D eigenvalue weighted by Gasteiger charge is -2.09. The lowest BCUT2D eigenvalue weighted by molar-refractivity contribution is 0.0690. The number of aromatic nitrogens is 2. The molecule has 0 fully saturated rings. The molecule has 1 heterocycles. The van der Waals surface area contributed by atoms with Crippen molar-refractivity contribution in [2.24, 2.45) is 0 Å². The summed E-state index contributed by atoms with van der Waals surface area (Å²) in [5.74, 6) is -1.72. The first-order valence-electron chi connectivity index (χ1n) is 7.86. The van der Waals surface area contributed by atoms with E-state index in [0.29, 0.717) is 16.7 Å². The van der Waals surface area contributed by atoms with E-state index in [4.69, 9.17) is 5.11 Å². The summed E-state index contributed by atoms with van der Waals surface area (Å²) < 4.78 is 1.45. The number of carboxylic acid groups (broad SMARTS) is 1. The van der Waals surface area contributed by atoms with E-state index in [0.717, 1.165) is 11.1 Å². The van der Waals surface area contributed by atoms with Gasteiger partial charge in [0.2, 0.25) is 0 Å². The molecule has 1 aromatic heterocycles. The summed E-state index contributed by atoms with van der Waals surface area (Å²) in [5, 5.41) is 11.6. The average molecular weight is 347 g/mol. The van der Waals surface area contributed by atoms with Gasteiger partial charge in [-0.15, -0.1) is 0 Å².